The van der Waals surface area contributed by atoms with Crippen LogP contribution in [0, 0.1) is 11.7 Å². The molecule has 9 heteroatoms. The normalized spacial score (nSPS) is 14.5. The zero-order valence-electron chi connectivity index (χ0n) is 19.5. The molecule has 1 saturated heterocycles. The van der Waals surface area contributed by atoms with E-state index in [-0.39, 0.29) is 5.82 Å². The highest BCUT2D eigenvalue weighted by Gasteiger charge is 2.24. The van der Waals surface area contributed by atoms with Crippen LogP contribution >= 0.6 is 0 Å². The zero-order chi connectivity index (χ0) is 23.8. The molecule has 2 aromatic carbocycles. The lowest BCUT2D eigenvalue weighted by atomic mass is 9.99. The average molecular weight is 463 g/mol. The zero-order valence-corrected chi connectivity index (χ0v) is 19.5. The molecule has 0 saturated carbocycles. The highest BCUT2D eigenvalue weighted by Crippen LogP contribution is 2.38. The number of piperidine rings is 1. The molecule has 1 aliphatic heterocycles. The van der Waals surface area contributed by atoms with Crippen LogP contribution in [0.3, 0.4) is 0 Å². The van der Waals surface area contributed by atoms with Crippen LogP contribution in [0.25, 0.3) is 28.0 Å². The van der Waals surface area contributed by atoms with Crippen molar-refractivity contribution in [1.29, 1.82) is 0 Å². The third kappa shape index (κ3) is 3.87. The number of fused-ring (bicyclic) bond motifs is 1. The minimum atomic E-state index is -0.370. The molecule has 34 heavy (non-hydrogen) atoms. The first kappa shape index (κ1) is 21.9. The number of ether oxygens (including phenoxy) is 2. The van der Waals surface area contributed by atoms with Crippen molar-refractivity contribution in [2.75, 3.05) is 37.9 Å². The van der Waals surface area contributed by atoms with Gasteiger partial charge in [0.05, 0.1) is 31.0 Å². The maximum atomic E-state index is 13.9. The van der Waals surface area contributed by atoms with Gasteiger partial charge in [0.1, 0.15) is 11.6 Å². The first-order chi connectivity index (χ1) is 16.5. The molecule has 5 rings (SSSR count). The molecule has 0 aliphatic carbocycles. The third-order valence-corrected chi connectivity index (χ3v) is 6.33. The van der Waals surface area contributed by atoms with Gasteiger partial charge in [-0.1, -0.05) is 13.0 Å². The number of aromatic nitrogens is 4. The Morgan fingerprint density at radius 3 is 2.47 bits per heavy atom. The van der Waals surface area contributed by atoms with Crippen LogP contribution in [0.15, 0.2) is 42.5 Å². The molecule has 2 N–H and O–H groups in total. The van der Waals surface area contributed by atoms with Crippen molar-refractivity contribution in [3.63, 3.8) is 0 Å². The molecular formula is C25H27FN6O2. The van der Waals surface area contributed by atoms with E-state index in [1.54, 1.807) is 26.4 Å². The summed E-state index contributed by atoms with van der Waals surface area (Å²) in [6.45, 7) is 4.01. The van der Waals surface area contributed by atoms with Crippen molar-refractivity contribution >= 4 is 22.8 Å². The van der Waals surface area contributed by atoms with Crippen LogP contribution in [-0.4, -0.2) is 47.1 Å². The highest BCUT2D eigenvalue weighted by molar-refractivity contribution is 5.99. The van der Waals surface area contributed by atoms with Gasteiger partial charge in [0.15, 0.2) is 17.1 Å². The number of hydrogen-bond donors (Lipinski definition) is 1. The Morgan fingerprint density at radius 2 is 1.76 bits per heavy atom. The number of nitrogens with zero attached hydrogens (tertiary/aromatic N) is 5. The Labute approximate surface area is 197 Å². The molecule has 0 unspecified atom stereocenters. The molecule has 0 radical (unpaired) electrons. The van der Waals surface area contributed by atoms with Crippen molar-refractivity contribution in [2.45, 2.75) is 19.8 Å². The van der Waals surface area contributed by atoms with E-state index >= 15 is 0 Å². The van der Waals surface area contributed by atoms with Crippen molar-refractivity contribution < 1.29 is 13.9 Å². The van der Waals surface area contributed by atoms with Crippen molar-refractivity contribution in [1.82, 2.24) is 19.7 Å². The Balaban J connectivity index is 1.73. The number of methoxy groups -OCH3 is 2. The number of nitrogens with two attached hydrogens (primary N) is 1. The molecule has 0 spiro atoms. The van der Waals surface area contributed by atoms with E-state index in [2.05, 4.69) is 16.9 Å². The lowest BCUT2D eigenvalue weighted by molar-refractivity contribution is 0.355. The van der Waals surface area contributed by atoms with Crippen molar-refractivity contribution in [2.24, 2.45) is 5.92 Å². The van der Waals surface area contributed by atoms with E-state index in [9.17, 15) is 4.39 Å². The van der Waals surface area contributed by atoms with Gasteiger partial charge in [-0.25, -0.2) is 14.1 Å². The molecule has 0 amide bonds. The molecule has 2 aromatic heterocycles. The summed E-state index contributed by atoms with van der Waals surface area (Å²) in [4.78, 5) is 11.9. The second-order valence-electron chi connectivity index (χ2n) is 8.59. The fourth-order valence-corrected chi connectivity index (χ4v) is 4.35. The van der Waals surface area contributed by atoms with Crippen molar-refractivity contribution in [3.8, 4) is 28.4 Å². The summed E-state index contributed by atoms with van der Waals surface area (Å²) >= 11 is 0. The number of hydrogen-bond acceptors (Lipinski definition) is 7. The van der Waals surface area contributed by atoms with Gasteiger partial charge in [0.2, 0.25) is 5.95 Å². The van der Waals surface area contributed by atoms with E-state index < -0.39 is 0 Å². The molecule has 8 nitrogen and oxygen atoms in total. The van der Waals surface area contributed by atoms with E-state index in [0.29, 0.717) is 51.6 Å². The van der Waals surface area contributed by atoms with Crippen LogP contribution in [0.5, 0.6) is 11.5 Å². The Bertz CT molecular complexity index is 1350. The molecule has 1 aliphatic rings. The Hall–Kier alpha value is -3.88. The lowest BCUT2D eigenvalue weighted by Gasteiger charge is -2.30. The van der Waals surface area contributed by atoms with Gasteiger partial charge >= 0.3 is 0 Å². The topological polar surface area (TPSA) is 91.3 Å². The highest BCUT2D eigenvalue weighted by atomic mass is 19.1. The first-order valence-electron chi connectivity index (χ1n) is 11.3. The van der Waals surface area contributed by atoms with E-state index in [1.807, 2.05) is 18.2 Å². The van der Waals surface area contributed by atoms with Crippen LogP contribution in [0.4, 0.5) is 16.2 Å². The Kier molecular flexibility index (Phi) is 5.69. The van der Waals surface area contributed by atoms with Gasteiger partial charge in [-0.2, -0.15) is 4.98 Å². The fraction of sp³-hybridized carbons (Fsp3) is 0.320. The summed E-state index contributed by atoms with van der Waals surface area (Å²) < 4.78 is 26.4. The minimum Gasteiger partial charge on any atom is -0.493 e. The monoisotopic (exact) mass is 462 g/mol. The summed E-state index contributed by atoms with van der Waals surface area (Å²) in [5.41, 5.74) is 8.96. The summed E-state index contributed by atoms with van der Waals surface area (Å²) in [6.07, 6.45) is 2.15. The van der Waals surface area contributed by atoms with Crippen LogP contribution in [-0.2, 0) is 0 Å². The summed E-state index contributed by atoms with van der Waals surface area (Å²) in [5.74, 6) is 2.44. The SMILES string of the molecule is COc1ccc(-c2nc(N3CCC(C)CC3)nc3nn(-c4cccc(F)c4)c(N)c23)cc1OC. The van der Waals surface area contributed by atoms with E-state index in [0.717, 1.165) is 31.5 Å². The number of anilines is 2. The fourth-order valence-electron chi connectivity index (χ4n) is 4.35. The van der Waals surface area contributed by atoms with Crippen LogP contribution in [0.1, 0.15) is 19.8 Å². The van der Waals surface area contributed by atoms with E-state index in [1.165, 1.54) is 16.8 Å². The average Bonchev–Trinajstić information content (AvgIpc) is 3.20. The van der Waals surface area contributed by atoms with Gasteiger partial charge < -0.3 is 20.1 Å². The summed E-state index contributed by atoms with van der Waals surface area (Å²) in [6, 6.07) is 11.7. The smallest absolute Gasteiger partial charge is 0.228 e. The maximum absolute atomic E-state index is 13.9. The van der Waals surface area contributed by atoms with Crippen LogP contribution in [0.2, 0.25) is 0 Å². The van der Waals surface area contributed by atoms with Gasteiger partial charge in [-0.05, 0) is 55.2 Å². The minimum absolute atomic E-state index is 0.337. The predicted octanol–water partition coefficient (Wildman–Crippen LogP) is 4.46. The van der Waals surface area contributed by atoms with Gasteiger partial charge in [-0.15, -0.1) is 5.10 Å². The maximum Gasteiger partial charge on any atom is 0.228 e. The number of rotatable bonds is 5. The van der Waals surface area contributed by atoms with Crippen LogP contribution < -0.4 is 20.1 Å². The Morgan fingerprint density at radius 1 is 1.00 bits per heavy atom. The van der Waals surface area contributed by atoms with E-state index in [4.69, 9.17) is 25.2 Å². The molecular weight excluding hydrogens is 435 g/mol. The molecule has 4 aromatic rings. The second kappa shape index (κ2) is 8.81. The molecule has 1 fully saturated rings. The van der Waals surface area contributed by atoms with Crippen molar-refractivity contribution in [3.05, 3.63) is 48.3 Å². The third-order valence-electron chi connectivity index (χ3n) is 6.33. The summed E-state index contributed by atoms with van der Waals surface area (Å²) in [5, 5.41) is 5.25. The second-order valence-corrected chi connectivity index (χ2v) is 8.59. The van der Waals surface area contributed by atoms with Gasteiger partial charge in [0, 0.05) is 18.7 Å². The molecule has 0 bridgehead atoms. The first-order valence-corrected chi connectivity index (χ1v) is 11.3. The molecule has 176 valence electrons. The predicted molar refractivity (Wildman–Crippen MR) is 130 cm³/mol. The molecule has 0 atom stereocenters. The number of benzene rings is 2. The largest absolute Gasteiger partial charge is 0.493 e. The lowest BCUT2D eigenvalue weighted by Crippen LogP contribution is -2.34. The van der Waals surface area contributed by atoms with Gasteiger partial charge in [0.25, 0.3) is 0 Å². The quantitative estimate of drug-likeness (QED) is 0.468. The summed E-state index contributed by atoms with van der Waals surface area (Å²) in [7, 11) is 3.19. The molecule has 3 heterocycles. The number of nitrogen functional groups attached to an aromatic ring is 1. The van der Waals surface area contributed by atoms with Gasteiger partial charge in [-0.3, -0.25) is 0 Å². The number of halogens is 1. The standard InChI is InChI=1S/C25H27FN6O2/c1-15-9-11-31(12-10-15)25-28-22(16-7-8-19(33-2)20(13-16)34-3)21-23(27)32(30-24(21)29-25)18-6-4-5-17(26)14-18/h4-8,13-15H,9-12,27H2,1-3H3.